The summed E-state index contributed by atoms with van der Waals surface area (Å²) in [6.45, 7) is 7.93. The molecule has 0 spiro atoms. The molecular formula is C17H27NO3. The van der Waals surface area contributed by atoms with E-state index >= 15 is 0 Å². The van der Waals surface area contributed by atoms with E-state index in [1.165, 1.54) is 17.5 Å². The minimum absolute atomic E-state index is 0.213. The van der Waals surface area contributed by atoms with Crippen LogP contribution in [0.1, 0.15) is 62.0 Å². The van der Waals surface area contributed by atoms with E-state index in [1.807, 2.05) is 33.8 Å². The molecule has 1 aliphatic carbocycles. The van der Waals surface area contributed by atoms with E-state index in [0.29, 0.717) is 17.9 Å². The Kier molecular flexibility index (Phi) is 9.10. The monoisotopic (exact) mass is 293 g/mol. The van der Waals surface area contributed by atoms with E-state index in [0.717, 1.165) is 12.8 Å². The van der Waals surface area contributed by atoms with Gasteiger partial charge in [0.05, 0.1) is 5.56 Å². The highest BCUT2D eigenvalue weighted by Gasteiger charge is 2.12. The smallest absolute Gasteiger partial charge is 0.335 e. The molecule has 1 amide bonds. The van der Waals surface area contributed by atoms with Gasteiger partial charge in [0.25, 0.3) is 0 Å². The number of primary amides is 1. The fourth-order valence-electron chi connectivity index (χ4n) is 2.11. The summed E-state index contributed by atoms with van der Waals surface area (Å²) >= 11 is 0. The average Bonchev–Trinajstić information content (AvgIpc) is 2.87. The van der Waals surface area contributed by atoms with Crippen molar-refractivity contribution in [2.24, 2.45) is 11.7 Å². The molecule has 118 valence electrons. The second kappa shape index (κ2) is 9.97. The molecule has 4 nitrogen and oxygen atoms in total. The van der Waals surface area contributed by atoms with Gasteiger partial charge in [-0.3, -0.25) is 4.79 Å². The number of amides is 1. The number of fused-ring (bicyclic) bond motifs is 1. The Morgan fingerprint density at radius 1 is 1.19 bits per heavy atom. The first-order chi connectivity index (χ1) is 9.90. The Balaban J connectivity index is 0.000000385. The molecule has 4 heteroatoms. The van der Waals surface area contributed by atoms with Crippen molar-refractivity contribution in [1.29, 1.82) is 0 Å². The molecule has 3 N–H and O–H groups in total. The summed E-state index contributed by atoms with van der Waals surface area (Å²) < 4.78 is 0. The average molecular weight is 293 g/mol. The molecule has 0 aliphatic heterocycles. The Labute approximate surface area is 127 Å². The fourth-order valence-corrected chi connectivity index (χ4v) is 2.11. The molecule has 0 radical (unpaired) electrons. The Hall–Kier alpha value is -1.84. The third-order valence-electron chi connectivity index (χ3n) is 2.95. The van der Waals surface area contributed by atoms with E-state index in [2.05, 4.69) is 0 Å². The molecular weight excluding hydrogens is 266 g/mol. The Morgan fingerprint density at radius 3 is 2.19 bits per heavy atom. The highest BCUT2D eigenvalue weighted by Crippen LogP contribution is 2.22. The van der Waals surface area contributed by atoms with Crippen molar-refractivity contribution in [1.82, 2.24) is 0 Å². The first-order valence-electron chi connectivity index (χ1n) is 7.53. The number of nitrogens with two attached hydrogens (primary N) is 1. The van der Waals surface area contributed by atoms with E-state index in [-0.39, 0.29) is 5.91 Å². The Bertz CT molecular complexity index is 467. The zero-order chi connectivity index (χ0) is 16.4. The van der Waals surface area contributed by atoms with Crippen LogP contribution in [0, 0.1) is 5.92 Å². The molecule has 0 saturated carbocycles. The third-order valence-corrected chi connectivity index (χ3v) is 2.95. The summed E-state index contributed by atoms with van der Waals surface area (Å²) in [6.07, 6.45) is 3.81. The lowest BCUT2D eigenvalue weighted by Crippen LogP contribution is -2.12. The molecule has 1 aromatic rings. The number of carbonyl (C=O) groups excluding carboxylic acids is 1. The number of benzene rings is 1. The molecule has 0 heterocycles. The molecule has 2 rings (SSSR count). The SMILES string of the molecule is CC.CC(C)CC(N)=O.O=C(O)c1ccc2c(c1)CCC2. The number of rotatable bonds is 3. The second-order valence-electron chi connectivity index (χ2n) is 5.21. The van der Waals surface area contributed by atoms with Gasteiger partial charge >= 0.3 is 5.97 Å². The molecule has 0 atom stereocenters. The number of carbonyl (C=O) groups is 2. The fraction of sp³-hybridized carbons (Fsp3) is 0.529. The lowest BCUT2D eigenvalue weighted by atomic mass is 10.1. The number of hydrogen-bond donors (Lipinski definition) is 2. The van der Waals surface area contributed by atoms with Gasteiger partial charge in [-0.1, -0.05) is 33.8 Å². The van der Waals surface area contributed by atoms with E-state index in [9.17, 15) is 9.59 Å². The van der Waals surface area contributed by atoms with Gasteiger partial charge in [-0.15, -0.1) is 0 Å². The number of carboxylic acids is 1. The van der Waals surface area contributed by atoms with Gasteiger partial charge in [0.2, 0.25) is 5.91 Å². The van der Waals surface area contributed by atoms with Gasteiger partial charge in [0.15, 0.2) is 0 Å². The van der Waals surface area contributed by atoms with Gasteiger partial charge < -0.3 is 10.8 Å². The van der Waals surface area contributed by atoms with Crippen LogP contribution in [0.3, 0.4) is 0 Å². The van der Waals surface area contributed by atoms with Gasteiger partial charge in [-0.25, -0.2) is 4.79 Å². The van der Waals surface area contributed by atoms with Crippen molar-refractivity contribution in [3.63, 3.8) is 0 Å². The maximum absolute atomic E-state index is 10.6. The number of hydrogen-bond acceptors (Lipinski definition) is 2. The summed E-state index contributed by atoms with van der Waals surface area (Å²) in [5.41, 5.74) is 7.80. The maximum Gasteiger partial charge on any atom is 0.335 e. The van der Waals surface area contributed by atoms with Crippen molar-refractivity contribution < 1.29 is 14.7 Å². The number of carboxylic acid groups (broad SMARTS) is 1. The van der Waals surface area contributed by atoms with E-state index < -0.39 is 5.97 Å². The lowest BCUT2D eigenvalue weighted by Gasteiger charge is -1.99. The minimum atomic E-state index is -0.829. The van der Waals surface area contributed by atoms with Crippen LogP contribution >= 0.6 is 0 Å². The zero-order valence-corrected chi connectivity index (χ0v) is 13.5. The quantitative estimate of drug-likeness (QED) is 0.896. The molecule has 0 fully saturated rings. The van der Waals surface area contributed by atoms with Gasteiger partial charge in [0, 0.05) is 6.42 Å². The zero-order valence-electron chi connectivity index (χ0n) is 13.5. The maximum atomic E-state index is 10.6. The highest BCUT2D eigenvalue weighted by atomic mass is 16.4. The molecule has 0 bridgehead atoms. The normalized spacial score (nSPS) is 11.7. The predicted molar refractivity (Wildman–Crippen MR) is 85.4 cm³/mol. The largest absolute Gasteiger partial charge is 0.478 e. The van der Waals surface area contributed by atoms with Crippen LogP contribution in [0.4, 0.5) is 0 Å². The van der Waals surface area contributed by atoms with Crippen LogP contribution in [-0.4, -0.2) is 17.0 Å². The highest BCUT2D eigenvalue weighted by molar-refractivity contribution is 5.88. The van der Waals surface area contributed by atoms with Crippen LogP contribution < -0.4 is 5.73 Å². The van der Waals surface area contributed by atoms with Crippen molar-refractivity contribution in [2.45, 2.75) is 53.4 Å². The van der Waals surface area contributed by atoms with Crippen LogP contribution in [-0.2, 0) is 17.6 Å². The van der Waals surface area contributed by atoms with E-state index in [1.54, 1.807) is 12.1 Å². The third kappa shape index (κ3) is 7.49. The molecule has 0 unspecified atom stereocenters. The summed E-state index contributed by atoms with van der Waals surface area (Å²) in [4.78, 5) is 20.6. The molecule has 1 aromatic carbocycles. The van der Waals surface area contributed by atoms with Crippen molar-refractivity contribution >= 4 is 11.9 Å². The molecule has 0 saturated heterocycles. The van der Waals surface area contributed by atoms with Crippen LogP contribution in [0.2, 0.25) is 0 Å². The van der Waals surface area contributed by atoms with Crippen molar-refractivity contribution in [3.8, 4) is 0 Å². The first kappa shape index (κ1) is 19.2. The van der Waals surface area contributed by atoms with E-state index in [4.69, 9.17) is 10.8 Å². The Morgan fingerprint density at radius 2 is 1.76 bits per heavy atom. The van der Waals surface area contributed by atoms with Crippen LogP contribution in [0.5, 0.6) is 0 Å². The van der Waals surface area contributed by atoms with Crippen LogP contribution in [0.25, 0.3) is 0 Å². The van der Waals surface area contributed by atoms with Crippen LogP contribution in [0.15, 0.2) is 18.2 Å². The lowest BCUT2D eigenvalue weighted by molar-refractivity contribution is -0.118. The summed E-state index contributed by atoms with van der Waals surface area (Å²) in [7, 11) is 0. The topological polar surface area (TPSA) is 80.4 Å². The van der Waals surface area contributed by atoms with Gasteiger partial charge in [-0.05, 0) is 48.4 Å². The van der Waals surface area contributed by atoms with Crippen molar-refractivity contribution in [3.05, 3.63) is 34.9 Å². The minimum Gasteiger partial charge on any atom is -0.478 e. The van der Waals surface area contributed by atoms with Crippen molar-refractivity contribution in [2.75, 3.05) is 0 Å². The molecule has 0 aromatic heterocycles. The second-order valence-corrected chi connectivity index (χ2v) is 5.21. The van der Waals surface area contributed by atoms with Gasteiger partial charge in [-0.2, -0.15) is 0 Å². The summed E-state index contributed by atoms with van der Waals surface area (Å²) in [5, 5.41) is 8.72. The summed E-state index contributed by atoms with van der Waals surface area (Å²) in [5.74, 6) is -0.641. The standard InChI is InChI=1S/C10H10O2.C5H11NO.C2H6/c11-10(12)9-5-4-7-2-1-3-8(7)6-9;1-4(2)3-5(6)7;1-2/h4-6H,1-3H2,(H,11,12);4H,3H2,1-2H3,(H2,6,7);1-2H3. The predicted octanol–water partition coefficient (Wildman–Crippen LogP) is 3.42. The first-order valence-corrected chi connectivity index (χ1v) is 7.53. The van der Waals surface area contributed by atoms with Gasteiger partial charge in [0.1, 0.15) is 0 Å². The molecule has 21 heavy (non-hydrogen) atoms. The molecule has 1 aliphatic rings. The summed E-state index contributed by atoms with van der Waals surface area (Å²) in [6, 6.07) is 5.42. The number of aromatic carboxylic acids is 1. The number of aryl methyl sites for hydroxylation is 2.